The average molecular weight is 322 g/mol. The van der Waals surface area contributed by atoms with E-state index in [1.54, 1.807) is 18.5 Å². The summed E-state index contributed by atoms with van der Waals surface area (Å²) in [5.41, 5.74) is 1.63. The number of nitrogens with zero attached hydrogens (tertiary/aromatic N) is 1. The molecule has 5 heteroatoms. The van der Waals surface area contributed by atoms with Crippen molar-refractivity contribution in [2.75, 3.05) is 0 Å². The van der Waals surface area contributed by atoms with Crippen molar-refractivity contribution in [1.82, 2.24) is 4.98 Å². The molecule has 2 aromatic rings. The van der Waals surface area contributed by atoms with Gasteiger partial charge in [-0.2, -0.15) is 0 Å². The Kier molecular flexibility index (Phi) is 4.52. The first-order valence-corrected chi connectivity index (χ1v) is 6.46. The summed E-state index contributed by atoms with van der Waals surface area (Å²) in [6.45, 7) is 0.321. The fourth-order valence-corrected chi connectivity index (χ4v) is 2.01. The normalized spacial score (nSPS) is 10.2. The molecular formula is C14H12BrNO3. The van der Waals surface area contributed by atoms with E-state index in [1.165, 1.54) is 0 Å². The van der Waals surface area contributed by atoms with Crippen LogP contribution in [0.3, 0.4) is 0 Å². The third-order valence-electron chi connectivity index (χ3n) is 2.53. The zero-order valence-electron chi connectivity index (χ0n) is 10.0. The summed E-state index contributed by atoms with van der Waals surface area (Å²) >= 11 is 3.32. The van der Waals surface area contributed by atoms with E-state index in [0.717, 1.165) is 15.6 Å². The van der Waals surface area contributed by atoms with E-state index in [4.69, 9.17) is 9.84 Å². The molecule has 0 unspecified atom stereocenters. The second-order valence-corrected chi connectivity index (χ2v) is 4.88. The number of hydrogen-bond donors (Lipinski definition) is 1. The number of hydrogen-bond acceptors (Lipinski definition) is 3. The maximum atomic E-state index is 10.8. The van der Waals surface area contributed by atoms with Crippen molar-refractivity contribution < 1.29 is 14.6 Å². The lowest BCUT2D eigenvalue weighted by Crippen LogP contribution is -2.05. The summed E-state index contributed by atoms with van der Waals surface area (Å²) in [6, 6.07) is 9.16. The van der Waals surface area contributed by atoms with Gasteiger partial charge in [-0.15, -0.1) is 0 Å². The van der Waals surface area contributed by atoms with Gasteiger partial charge in [0.1, 0.15) is 12.4 Å². The van der Waals surface area contributed by atoms with Crippen LogP contribution in [0.25, 0.3) is 0 Å². The molecule has 0 radical (unpaired) electrons. The van der Waals surface area contributed by atoms with Gasteiger partial charge in [0.2, 0.25) is 0 Å². The zero-order valence-corrected chi connectivity index (χ0v) is 11.6. The van der Waals surface area contributed by atoms with Crippen LogP contribution in [0.2, 0.25) is 0 Å². The van der Waals surface area contributed by atoms with Crippen LogP contribution in [0.5, 0.6) is 5.75 Å². The lowest BCUT2D eigenvalue weighted by molar-refractivity contribution is -0.136. The van der Waals surface area contributed by atoms with Gasteiger partial charge in [0.05, 0.1) is 12.6 Å². The molecule has 0 amide bonds. The van der Waals surface area contributed by atoms with Gasteiger partial charge in [0.25, 0.3) is 0 Å². The minimum atomic E-state index is -0.850. The average Bonchev–Trinajstić information content (AvgIpc) is 2.37. The molecule has 4 nitrogen and oxygen atoms in total. The van der Waals surface area contributed by atoms with Gasteiger partial charge in [-0.05, 0) is 33.1 Å². The van der Waals surface area contributed by atoms with Gasteiger partial charge in [-0.1, -0.05) is 24.3 Å². The van der Waals surface area contributed by atoms with E-state index in [0.29, 0.717) is 12.4 Å². The third-order valence-corrected chi connectivity index (χ3v) is 2.97. The monoisotopic (exact) mass is 321 g/mol. The Labute approximate surface area is 119 Å². The van der Waals surface area contributed by atoms with Gasteiger partial charge in [-0.25, -0.2) is 0 Å². The molecule has 19 heavy (non-hydrogen) atoms. The van der Waals surface area contributed by atoms with Crippen LogP contribution in [0.15, 0.2) is 47.2 Å². The summed E-state index contributed by atoms with van der Waals surface area (Å²) in [7, 11) is 0. The summed E-state index contributed by atoms with van der Waals surface area (Å²) < 4.78 is 6.45. The highest BCUT2D eigenvalue weighted by Gasteiger charge is 2.07. The first-order valence-electron chi connectivity index (χ1n) is 5.67. The van der Waals surface area contributed by atoms with E-state index in [1.807, 2.05) is 24.3 Å². The fraction of sp³-hybridized carbons (Fsp3) is 0.143. The summed E-state index contributed by atoms with van der Waals surface area (Å²) in [5.74, 6) is -0.212. The standard InChI is InChI=1S/C14H12BrNO3/c15-12-6-13(8-16-7-12)19-9-11-4-2-1-3-10(11)5-14(17)18/h1-4,6-8H,5,9H2,(H,17,18). The number of carboxylic acids is 1. The number of aromatic nitrogens is 1. The molecule has 1 aromatic carbocycles. The van der Waals surface area contributed by atoms with Gasteiger partial charge >= 0.3 is 5.97 Å². The molecule has 0 bridgehead atoms. The van der Waals surface area contributed by atoms with Crippen molar-refractivity contribution in [1.29, 1.82) is 0 Å². The van der Waals surface area contributed by atoms with Crippen LogP contribution >= 0.6 is 15.9 Å². The quantitative estimate of drug-likeness (QED) is 0.919. The lowest BCUT2D eigenvalue weighted by Gasteiger charge is -2.09. The molecule has 2 rings (SSSR count). The molecule has 0 saturated heterocycles. The minimum Gasteiger partial charge on any atom is -0.487 e. The van der Waals surface area contributed by atoms with E-state index < -0.39 is 5.97 Å². The molecule has 0 aliphatic carbocycles. The van der Waals surface area contributed by atoms with Crippen LogP contribution in [0.1, 0.15) is 11.1 Å². The van der Waals surface area contributed by atoms with Gasteiger partial charge in [-0.3, -0.25) is 9.78 Å². The molecule has 0 atom stereocenters. The highest BCUT2D eigenvalue weighted by molar-refractivity contribution is 9.10. The van der Waals surface area contributed by atoms with Crippen LogP contribution in [0, 0.1) is 0 Å². The molecule has 98 valence electrons. The van der Waals surface area contributed by atoms with Gasteiger partial charge in [0, 0.05) is 10.7 Å². The third kappa shape index (κ3) is 4.06. The summed E-state index contributed by atoms with van der Waals surface area (Å²) in [4.78, 5) is 14.8. The minimum absolute atomic E-state index is 0.00370. The largest absolute Gasteiger partial charge is 0.487 e. The molecule has 1 N–H and O–H groups in total. The summed E-state index contributed by atoms with van der Waals surface area (Å²) in [6.07, 6.45) is 3.28. The van der Waals surface area contributed by atoms with Crippen LogP contribution in [0.4, 0.5) is 0 Å². The van der Waals surface area contributed by atoms with Crippen molar-refractivity contribution in [2.45, 2.75) is 13.0 Å². The molecule has 0 spiro atoms. The number of benzene rings is 1. The van der Waals surface area contributed by atoms with Crippen LogP contribution < -0.4 is 4.74 Å². The highest BCUT2D eigenvalue weighted by Crippen LogP contribution is 2.18. The second kappa shape index (κ2) is 6.33. The topological polar surface area (TPSA) is 59.4 Å². The Balaban J connectivity index is 2.09. The van der Waals surface area contributed by atoms with Crippen molar-refractivity contribution >= 4 is 21.9 Å². The Bertz CT molecular complexity index is 586. The van der Waals surface area contributed by atoms with Crippen LogP contribution in [-0.4, -0.2) is 16.1 Å². The Hall–Kier alpha value is -1.88. The maximum absolute atomic E-state index is 10.8. The van der Waals surface area contributed by atoms with E-state index in [9.17, 15) is 4.79 Å². The van der Waals surface area contributed by atoms with Gasteiger partial charge in [0.15, 0.2) is 0 Å². The number of rotatable bonds is 5. The first-order chi connectivity index (χ1) is 9.15. The first kappa shape index (κ1) is 13.5. The summed E-state index contributed by atoms with van der Waals surface area (Å²) in [5, 5.41) is 8.86. The molecule has 0 fully saturated rings. The van der Waals surface area contributed by atoms with E-state index in [-0.39, 0.29) is 6.42 Å². The van der Waals surface area contributed by atoms with Crippen molar-refractivity contribution in [3.8, 4) is 5.75 Å². The second-order valence-electron chi connectivity index (χ2n) is 3.97. The Morgan fingerprint density at radius 1 is 1.26 bits per heavy atom. The molecule has 1 aromatic heterocycles. The number of aliphatic carboxylic acids is 1. The van der Waals surface area contributed by atoms with Gasteiger partial charge < -0.3 is 9.84 Å². The van der Waals surface area contributed by atoms with E-state index >= 15 is 0 Å². The number of halogens is 1. The predicted octanol–water partition coefficient (Wildman–Crippen LogP) is 3.05. The molecular weight excluding hydrogens is 310 g/mol. The van der Waals surface area contributed by atoms with Crippen molar-refractivity contribution in [3.63, 3.8) is 0 Å². The molecule has 1 heterocycles. The highest BCUT2D eigenvalue weighted by atomic mass is 79.9. The molecule has 0 saturated carbocycles. The Morgan fingerprint density at radius 3 is 2.68 bits per heavy atom. The maximum Gasteiger partial charge on any atom is 0.307 e. The van der Waals surface area contributed by atoms with Crippen LogP contribution in [-0.2, 0) is 17.8 Å². The van der Waals surface area contributed by atoms with Crippen molar-refractivity contribution in [3.05, 3.63) is 58.3 Å². The number of ether oxygens (including phenoxy) is 1. The molecule has 0 aliphatic heterocycles. The Morgan fingerprint density at radius 2 is 2.00 bits per heavy atom. The molecule has 0 aliphatic rings. The van der Waals surface area contributed by atoms with Crippen molar-refractivity contribution in [2.24, 2.45) is 0 Å². The van der Waals surface area contributed by atoms with E-state index in [2.05, 4.69) is 20.9 Å². The zero-order chi connectivity index (χ0) is 13.7. The number of carboxylic acid groups (broad SMARTS) is 1. The fourth-order valence-electron chi connectivity index (χ4n) is 1.67. The smallest absolute Gasteiger partial charge is 0.307 e. The number of pyridine rings is 1. The SMILES string of the molecule is O=C(O)Cc1ccccc1COc1cncc(Br)c1. The lowest BCUT2D eigenvalue weighted by atomic mass is 10.1. The predicted molar refractivity (Wildman–Crippen MR) is 74.1 cm³/mol. The number of carbonyl (C=O) groups is 1.